The Hall–Kier alpha value is -1.09. The van der Waals surface area contributed by atoms with Crippen molar-refractivity contribution in [3.63, 3.8) is 0 Å². The van der Waals surface area contributed by atoms with Crippen molar-refractivity contribution in [1.29, 1.82) is 0 Å². The van der Waals surface area contributed by atoms with E-state index in [1.807, 2.05) is 6.20 Å². The fourth-order valence-corrected chi connectivity index (χ4v) is 2.15. The lowest BCUT2D eigenvalue weighted by Gasteiger charge is -2.30. The van der Waals surface area contributed by atoms with Crippen molar-refractivity contribution >= 4 is 5.69 Å². The molecule has 0 radical (unpaired) electrons. The van der Waals surface area contributed by atoms with Gasteiger partial charge in [-0.25, -0.2) is 0 Å². The third kappa shape index (κ3) is 4.50. The van der Waals surface area contributed by atoms with Crippen LogP contribution in [0.2, 0.25) is 0 Å². The summed E-state index contributed by atoms with van der Waals surface area (Å²) < 4.78 is 0. The molecule has 0 spiro atoms. The van der Waals surface area contributed by atoms with Crippen LogP contribution in [0.25, 0.3) is 0 Å². The molecule has 0 aromatic carbocycles. The molecular formula is C16H29N3. The maximum Gasteiger partial charge on any atom is 0.0572 e. The van der Waals surface area contributed by atoms with Crippen molar-refractivity contribution < 1.29 is 0 Å². The summed E-state index contributed by atoms with van der Waals surface area (Å²) in [6.07, 6.45) is 6.50. The Kier molecular flexibility index (Phi) is 6.85. The molecule has 0 aliphatic carbocycles. The summed E-state index contributed by atoms with van der Waals surface area (Å²) in [6.45, 7) is 9.94. The smallest absolute Gasteiger partial charge is 0.0572 e. The molecule has 2 atom stereocenters. The van der Waals surface area contributed by atoms with Crippen LogP contribution < -0.4 is 10.6 Å². The van der Waals surface area contributed by atoms with E-state index in [1.54, 1.807) is 0 Å². The third-order valence-electron chi connectivity index (χ3n) is 3.80. The van der Waals surface area contributed by atoms with Crippen LogP contribution in [0.3, 0.4) is 0 Å². The van der Waals surface area contributed by atoms with Gasteiger partial charge in [-0.1, -0.05) is 27.2 Å². The molecular weight excluding hydrogens is 234 g/mol. The van der Waals surface area contributed by atoms with E-state index in [2.05, 4.69) is 49.7 Å². The quantitative estimate of drug-likeness (QED) is 0.773. The zero-order valence-electron chi connectivity index (χ0n) is 12.9. The SMILES string of the molecule is CCCCN(c1ccc([C@H](N)CC)nc1)C(C)CC. The minimum atomic E-state index is 0.0572. The predicted octanol–water partition coefficient (Wildman–Crippen LogP) is 3.90. The number of nitrogens with zero attached hydrogens (tertiary/aromatic N) is 2. The van der Waals surface area contributed by atoms with E-state index >= 15 is 0 Å². The lowest BCUT2D eigenvalue weighted by Crippen LogP contribution is -2.33. The second-order valence-corrected chi connectivity index (χ2v) is 5.26. The number of rotatable bonds is 8. The highest BCUT2D eigenvalue weighted by atomic mass is 15.2. The second kappa shape index (κ2) is 8.16. The Morgan fingerprint density at radius 1 is 1.21 bits per heavy atom. The van der Waals surface area contributed by atoms with Gasteiger partial charge in [-0.05, 0) is 38.3 Å². The summed E-state index contributed by atoms with van der Waals surface area (Å²) in [5, 5.41) is 0. The minimum absolute atomic E-state index is 0.0572. The molecule has 1 unspecified atom stereocenters. The van der Waals surface area contributed by atoms with Gasteiger partial charge in [0.1, 0.15) is 0 Å². The lowest BCUT2D eigenvalue weighted by molar-refractivity contribution is 0.594. The minimum Gasteiger partial charge on any atom is -0.368 e. The predicted molar refractivity (Wildman–Crippen MR) is 83.5 cm³/mol. The zero-order chi connectivity index (χ0) is 14.3. The molecule has 0 amide bonds. The van der Waals surface area contributed by atoms with Gasteiger partial charge in [0.15, 0.2) is 0 Å². The van der Waals surface area contributed by atoms with Gasteiger partial charge in [-0.3, -0.25) is 4.98 Å². The van der Waals surface area contributed by atoms with E-state index in [9.17, 15) is 0 Å². The molecule has 108 valence electrons. The number of aromatic nitrogens is 1. The first kappa shape index (κ1) is 16.0. The highest BCUT2D eigenvalue weighted by Gasteiger charge is 2.13. The van der Waals surface area contributed by atoms with E-state index in [-0.39, 0.29) is 6.04 Å². The Morgan fingerprint density at radius 3 is 2.42 bits per heavy atom. The van der Waals surface area contributed by atoms with Gasteiger partial charge in [-0.15, -0.1) is 0 Å². The topological polar surface area (TPSA) is 42.1 Å². The van der Waals surface area contributed by atoms with Crippen LogP contribution in [-0.4, -0.2) is 17.6 Å². The van der Waals surface area contributed by atoms with E-state index in [4.69, 9.17) is 5.73 Å². The van der Waals surface area contributed by atoms with Crippen LogP contribution in [0.4, 0.5) is 5.69 Å². The van der Waals surface area contributed by atoms with Gasteiger partial charge < -0.3 is 10.6 Å². The Bertz CT molecular complexity index is 348. The van der Waals surface area contributed by atoms with Crippen molar-refractivity contribution in [2.45, 2.75) is 65.5 Å². The summed E-state index contributed by atoms with van der Waals surface area (Å²) in [7, 11) is 0. The number of pyridine rings is 1. The van der Waals surface area contributed by atoms with Gasteiger partial charge in [0.2, 0.25) is 0 Å². The molecule has 1 aromatic heterocycles. The van der Waals surface area contributed by atoms with Crippen LogP contribution in [0.1, 0.15) is 65.1 Å². The molecule has 0 saturated heterocycles. The van der Waals surface area contributed by atoms with E-state index < -0.39 is 0 Å². The molecule has 0 aliphatic rings. The third-order valence-corrected chi connectivity index (χ3v) is 3.80. The van der Waals surface area contributed by atoms with Gasteiger partial charge >= 0.3 is 0 Å². The Balaban J connectivity index is 2.84. The maximum absolute atomic E-state index is 6.01. The van der Waals surface area contributed by atoms with E-state index in [1.165, 1.54) is 18.5 Å². The molecule has 1 heterocycles. The van der Waals surface area contributed by atoms with Crippen LogP contribution in [0, 0.1) is 0 Å². The summed E-state index contributed by atoms with van der Waals surface area (Å²) in [4.78, 5) is 6.98. The normalized spacial score (nSPS) is 14.2. The average Bonchev–Trinajstić information content (AvgIpc) is 2.47. The lowest BCUT2D eigenvalue weighted by atomic mass is 10.1. The van der Waals surface area contributed by atoms with Crippen LogP contribution in [-0.2, 0) is 0 Å². The number of hydrogen-bond donors (Lipinski definition) is 1. The summed E-state index contributed by atoms with van der Waals surface area (Å²) >= 11 is 0. The molecule has 19 heavy (non-hydrogen) atoms. The van der Waals surface area contributed by atoms with Crippen molar-refractivity contribution in [2.75, 3.05) is 11.4 Å². The van der Waals surface area contributed by atoms with Gasteiger partial charge in [0, 0.05) is 18.6 Å². The van der Waals surface area contributed by atoms with Crippen molar-refractivity contribution in [1.82, 2.24) is 4.98 Å². The Morgan fingerprint density at radius 2 is 1.95 bits per heavy atom. The standard InChI is InChI=1S/C16H29N3/c1-5-8-11-19(13(4)6-2)14-9-10-16(18-12-14)15(17)7-3/h9-10,12-13,15H,5-8,11,17H2,1-4H3/t13?,15-/m1/s1. The number of anilines is 1. The van der Waals surface area contributed by atoms with Crippen LogP contribution >= 0.6 is 0 Å². The molecule has 1 rings (SSSR count). The summed E-state index contributed by atoms with van der Waals surface area (Å²) in [6, 6.07) is 4.85. The molecule has 3 nitrogen and oxygen atoms in total. The number of unbranched alkanes of at least 4 members (excludes halogenated alkanes) is 1. The molecule has 2 N–H and O–H groups in total. The second-order valence-electron chi connectivity index (χ2n) is 5.26. The first-order chi connectivity index (χ1) is 9.13. The first-order valence-corrected chi connectivity index (χ1v) is 7.62. The number of nitrogens with two attached hydrogens (primary N) is 1. The first-order valence-electron chi connectivity index (χ1n) is 7.62. The molecule has 0 fully saturated rings. The van der Waals surface area contributed by atoms with Crippen LogP contribution in [0.5, 0.6) is 0 Å². The fraction of sp³-hybridized carbons (Fsp3) is 0.688. The number of hydrogen-bond acceptors (Lipinski definition) is 3. The van der Waals surface area contributed by atoms with Gasteiger partial charge in [0.25, 0.3) is 0 Å². The Labute approximate surface area is 118 Å². The molecule has 3 heteroatoms. The fourth-order valence-electron chi connectivity index (χ4n) is 2.15. The van der Waals surface area contributed by atoms with Gasteiger partial charge in [0.05, 0.1) is 17.6 Å². The van der Waals surface area contributed by atoms with Crippen LogP contribution in [0.15, 0.2) is 18.3 Å². The molecule has 1 aromatic rings. The van der Waals surface area contributed by atoms with Gasteiger partial charge in [-0.2, -0.15) is 0 Å². The van der Waals surface area contributed by atoms with E-state index in [0.29, 0.717) is 6.04 Å². The monoisotopic (exact) mass is 263 g/mol. The molecule has 0 bridgehead atoms. The molecule has 0 aliphatic heterocycles. The highest BCUT2D eigenvalue weighted by Crippen LogP contribution is 2.20. The van der Waals surface area contributed by atoms with Crippen molar-refractivity contribution in [2.24, 2.45) is 5.73 Å². The zero-order valence-corrected chi connectivity index (χ0v) is 12.9. The maximum atomic E-state index is 6.01. The largest absolute Gasteiger partial charge is 0.368 e. The summed E-state index contributed by atoms with van der Waals surface area (Å²) in [5.41, 5.74) is 8.22. The molecule has 0 saturated carbocycles. The highest BCUT2D eigenvalue weighted by molar-refractivity contribution is 5.45. The van der Waals surface area contributed by atoms with E-state index in [0.717, 1.165) is 25.1 Å². The summed E-state index contributed by atoms with van der Waals surface area (Å²) in [5.74, 6) is 0. The van der Waals surface area contributed by atoms with Crippen molar-refractivity contribution in [3.05, 3.63) is 24.0 Å². The van der Waals surface area contributed by atoms with Crippen molar-refractivity contribution in [3.8, 4) is 0 Å². The average molecular weight is 263 g/mol.